The van der Waals surface area contributed by atoms with E-state index in [9.17, 15) is 4.39 Å². The number of benzene rings is 3. The topological polar surface area (TPSA) is 44.5 Å². The van der Waals surface area contributed by atoms with Crippen molar-refractivity contribution in [1.82, 2.24) is 9.80 Å². The number of piperazine rings is 1. The summed E-state index contributed by atoms with van der Waals surface area (Å²) >= 11 is 0. The molecule has 1 atom stereocenters. The third-order valence-corrected chi connectivity index (χ3v) is 7.21. The minimum Gasteiger partial charge on any atom is -0.397 e. The number of halogens is 1. The second-order valence-electron chi connectivity index (χ2n) is 10.0. The van der Waals surface area contributed by atoms with Gasteiger partial charge in [0.1, 0.15) is 5.82 Å². The smallest absolute Gasteiger partial charge is 0.123 e. The number of anilines is 2. The van der Waals surface area contributed by atoms with E-state index in [-0.39, 0.29) is 11.7 Å². The molecular formula is C31H39FN4. The first kappa shape index (κ1) is 25.9. The van der Waals surface area contributed by atoms with Gasteiger partial charge in [-0.05, 0) is 68.1 Å². The summed E-state index contributed by atoms with van der Waals surface area (Å²) in [5, 5.41) is 3.42. The van der Waals surface area contributed by atoms with Crippen LogP contribution in [0.4, 0.5) is 15.8 Å². The summed E-state index contributed by atoms with van der Waals surface area (Å²) in [6.45, 7) is 14.5. The SMILES string of the molecule is C=C(CN1CCN(CCCC(c2ccc(C)cc2)c2ccc(F)cc2)CC1)Nc1c(C)cccc1N. The summed E-state index contributed by atoms with van der Waals surface area (Å²) in [4.78, 5) is 5.01. The Labute approximate surface area is 215 Å². The van der Waals surface area contributed by atoms with E-state index in [1.54, 1.807) is 12.1 Å². The van der Waals surface area contributed by atoms with Gasteiger partial charge in [0.05, 0.1) is 11.4 Å². The van der Waals surface area contributed by atoms with Crippen molar-refractivity contribution >= 4 is 11.4 Å². The molecule has 0 saturated carbocycles. The van der Waals surface area contributed by atoms with E-state index in [2.05, 4.69) is 65.9 Å². The fraction of sp³-hybridized carbons (Fsp3) is 0.355. The first-order valence-corrected chi connectivity index (χ1v) is 13.0. The molecule has 4 nitrogen and oxygen atoms in total. The second kappa shape index (κ2) is 12.2. The molecule has 0 amide bonds. The van der Waals surface area contributed by atoms with Crippen molar-refractivity contribution in [3.63, 3.8) is 0 Å². The van der Waals surface area contributed by atoms with Crippen LogP contribution >= 0.6 is 0 Å². The molecule has 0 bridgehead atoms. The lowest BCUT2D eigenvalue weighted by atomic mass is 9.87. The second-order valence-corrected chi connectivity index (χ2v) is 10.0. The standard InChI is InChI=1S/C31H39FN4/c1-23-9-11-26(12-10-23)29(27-13-15-28(32)16-14-27)7-5-17-35-18-20-36(21-19-35)22-25(3)34-31-24(2)6-4-8-30(31)33/h4,6,8-16,29,34H,3,5,7,17-22,33H2,1-2H3. The van der Waals surface area contributed by atoms with Crippen molar-refractivity contribution in [2.24, 2.45) is 0 Å². The maximum absolute atomic E-state index is 13.5. The molecule has 0 radical (unpaired) electrons. The number of para-hydroxylation sites is 1. The van der Waals surface area contributed by atoms with Gasteiger partial charge < -0.3 is 16.0 Å². The Kier molecular flexibility index (Phi) is 8.79. The number of hydrogen-bond donors (Lipinski definition) is 2. The van der Waals surface area contributed by atoms with Gasteiger partial charge in [0, 0.05) is 44.3 Å². The number of nitrogens with one attached hydrogen (secondary N) is 1. The highest BCUT2D eigenvalue weighted by atomic mass is 19.1. The molecule has 1 aliphatic heterocycles. The van der Waals surface area contributed by atoms with Crippen LogP contribution in [0.15, 0.2) is 79.0 Å². The zero-order chi connectivity index (χ0) is 25.5. The molecule has 3 aromatic carbocycles. The molecule has 3 aromatic rings. The van der Waals surface area contributed by atoms with Crippen molar-refractivity contribution in [1.29, 1.82) is 0 Å². The first-order chi connectivity index (χ1) is 17.4. The molecule has 0 aromatic heterocycles. The van der Waals surface area contributed by atoms with Gasteiger partial charge in [0.25, 0.3) is 0 Å². The van der Waals surface area contributed by atoms with Crippen LogP contribution in [0.3, 0.4) is 0 Å². The molecule has 5 heteroatoms. The van der Waals surface area contributed by atoms with Gasteiger partial charge in [-0.25, -0.2) is 4.39 Å². The molecule has 36 heavy (non-hydrogen) atoms. The van der Waals surface area contributed by atoms with Gasteiger partial charge in [0.15, 0.2) is 0 Å². The Balaban J connectivity index is 1.25. The Morgan fingerprint density at radius 3 is 2.17 bits per heavy atom. The van der Waals surface area contributed by atoms with Gasteiger partial charge in [-0.2, -0.15) is 0 Å². The minimum atomic E-state index is -0.181. The van der Waals surface area contributed by atoms with Crippen molar-refractivity contribution < 1.29 is 4.39 Å². The number of aryl methyl sites for hydroxylation is 2. The third-order valence-electron chi connectivity index (χ3n) is 7.21. The summed E-state index contributed by atoms with van der Waals surface area (Å²) in [7, 11) is 0. The zero-order valence-electron chi connectivity index (χ0n) is 21.6. The molecule has 4 rings (SSSR count). The maximum Gasteiger partial charge on any atom is 0.123 e. The van der Waals surface area contributed by atoms with Crippen LogP contribution in [-0.4, -0.2) is 49.1 Å². The zero-order valence-corrected chi connectivity index (χ0v) is 21.6. The molecular weight excluding hydrogens is 447 g/mol. The maximum atomic E-state index is 13.5. The largest absolute Gasteiger partial charge is 0.397 e. The molecule has 1 heterocycles. The van der Waals surface area contributed by atoms with Crippen LogP contribution in [0.1, 0.15) is 41.0 Å². The summed E-state index contributed by atoms with van der Waals surface area (Å²) in [5.41, 5.74) is 13.7. The summed E-state index contributed by atoms with van der Waals surface area (Å²) in [5.74, 6) is 0.107. The summed E-state index contributed by atoms with van der Waals surface area (Å²) in [6.07, 6.45) is 2.16. The molecule has 1 saturated heterocycles. The Morgan fingerprint density at radius 2 is 1.53 bits per heavy atom. The Bertz CT molecular complexity index is 1070. The van der Waals surface area contributed by atoms with Crippen molar-refractivity contribution in [3.05, 3.63) is 107 Å². The van der Waals surface area contributed by atoms with Gasteiger partial charge in [-0.15, -0.1) is 0 Å². The van der Waals surface area contributed by atoms with Gasteiger partial charge in [0.2, 0.25) is 0 Å². The minimum absolute atomic E-state index is 0.181. The fourth-order valence-electron chi connectivity index (χ4n) is 5.06. The predicted molar refractivity (Wildman–Crippen MR) is 150 cm³/mol. The average molecular weight is 487 g/mol. The van der Waals surface area contributed by atoms with Crippen LogP contribution in [0.2, 0.25) is 0 Å². The number of rotatable bonds is 10. The highest BCUT2D eigenvalue weighted by molar-refractivity contribution is 5.71. The Hall–Kier alpha value is -3.15. The lowest BCUT2D eigenvalue weighted by Gasteiger charge is -2.35. The fourth-order valence-corrected chi connectivity index (χ4v) is 5.06. The van der Waals surface area contributed by atoms with E-state index in [1.807, 2.05) is 24.3 Å². The number of nitrogens with two attached hydrogens (primary N) is 1. The van der Waals surface area contributed by atoms with E-state index in [0.717, 1.165) is 74.7 Å². The van der Waals surface area contributed by atoms with Gasteiger partial charge in [-0.1, -0.05) is 60.7 Å². The average Bonchev–Trinajstić information content (AvgIpc) is 2.87. The van der Waals surface area contributed by atoms with E-state index in [1.165, 1.54) is 16.7 Å². The van der Waals surface area contributed by atoms with Crippen molar-refractivity contribution in [2.75, 3.05) is 50.3 Å². The third kappa shape index (κ3) is 6.96. The summed E-state index contributed by atoms with van der Waals surface area (Å²) < 4.78 is 13.5. The molecule has 3 N–H and O–H groups in total. The molecule has 1 aliphatic rings. The van der Waals surface area contributed by atoms with E-state index in [0.29, 0.717) is 0 Å². The monoisotopic (exact) mass is 486 g/mol. The number of hydrogen-bond acceptors (Lipinski definition) is 4. The van der Waals surface area contributed by atoms with E-state index >= 15 is 0 Å². The molecule has 0 aliphatic carbocycles. The Morgan fingerprint density at radius 1 is 0.917 bits per heavy atom. The highest BCUT2D eigenvalue weighted by Crippen LogP contribution is 2.30. The summed E-state index contributed by atoms with van der Waals surface area (Å²) in [6, 6.07) is 21.7. The lowest BCUT2D eigenvalue weighted by molar-refractivity contribution is 0.138. The first-order valence-electron chi connectivity index (χ1n) is 13.0. The normalized spacial score (nSPS) is 15.5. The van der Waals surface area contributed by atoms with Crippen LogP contribution in [0.25, 0.3) is 0 Å². The van der Waals surface area contributed by atoms with Crippen LogP contribution in [0, 0.1) is 19.7 Å². The van der Waals surface area contributed by atoms with Crippen LogP contribution < -0.4 is 11.1 Å². The lowest BCUT2D eigenvalue weighted by Crippen LogP contribution is -2.47. The van der Waals surface area contributed by atoms with Crippen molar-refractivity contribution in [3.8, 4) is 0 Å². The quantitative estimate of drug-likeness (QED) is 0.336. The predicted octanol–water partition coefficient (Wildman–Crippen LogP) is 6.18. The number of nitrogens with zero attached hydrogens (tertiary/aromatic N) is 2. The van der Waals surface area contributed by atoms with Crippen molar-refractivity contribution in [2.45, 2.75) is 32.6 Å². The molecule has 190 valence electrons. The van der Waals surface area contributed by atoms with E-state index in [4.69, 9.17) is 5.73 Å². The number of nitrogen functional groups attached to an aromatic ring is 1. The van der Waals surface area contributed by atoms with Gasteiger partial charge >= 0.3 is 0 Å². The van der Waals surface area contributed by atoms with E-state index < -0.39 is 0 Å². The molecule has 0 spiro atoms. The molecule has 1 unspecified atom stereocenters. The highest BCUT2D eigenvalue weighted by Gasteiger charge is 2.19. The molecule has 1 fully saturated rings. The van der Waals surface area contributed by atoms with Crippen LogP contribution in [-0.2, 0) is 0 Å². The van der Waals surface area contributed by atoms with Crippen LogP contribution in [0.5, 0.6) is 0 Å². The van der Waals surface area contributed by atoms with Gasteiger partial charge in [-0.3, -0.25) is 4.90 Å².